The maximum Gasteiger partial charge on any atom is 0.322 e. The molecule has 0 radical (unpaired) electrons. The van der Waals surface area contributed by atoms with Crippen molar-refractivity contribution in [3.05, 3.63) is 65.0 Å². The molecule has 28 heavy (non-hydrogen) atoms. The molecule has 2 aromatic carbocycles. The first-order chi connectivity index (χ1) is 13.4. The number of anilines is 1. The second-order valence-corrected chi connectivity index (χ2v) is 8.09. The lowest BCUT2D eigenvalue weighted by Crippen LogP contribution is -2.30. The predicted octanol–water partition coefficient (Wildman–Crippen LogP) is 4.29. The number of nitrogens with one attached hydrogen (secondary N) is 2. The van der Waals surface area contributed by atoms with Crippen molar-refractivity contribution in [1.29, 1.82) is 0 Å². The zero-order chi connectivity index (χ0) is 19.7. The SMILES string of the molecule is CC1(CCNC(=O)c2ccc(NC(=O)N3Cc4ccc(F)cc4C3)cc2)CC1. The summed E-state index contributed by atoms with van der Waals surface area (Å²) < 4.78 is 13.3. The molecule has 1 saturated carbocycles. The van der Waals surface area contributed by atoms with Gasteiger partial charge in [-0.2, -0.15) is 0 Å². The van der Waals surface area contributed by atoms with Crippen LogP contribution in [0.2, 0.25) is 0 Å². The number of benzene rings is 2. The topological polar surface area (TPSA) is 61.4 Å². The molecule has 146 valence electrons. The molecule has 2 N–H and O–H groups in total. The Bertz CT molecular complexity index is 906. The van der Waals surface area contributed by atoms with Gasteiger partial charge in [0.25, 0.3) is 5.91 Å². The van der Waals surface area contributed by atoms with Crippen molar-refractivity contribution in [2.45, 2.75) is 39.3 Å². The molecule has 2 aromatic rings. The van der Waals surface area contributed by atoms with E-state index in [-0.39, 0.29) is 17.8 Å². The maximum absolute atomic E-state index is 13.3. The normalized spacial score (nSPS) is 16.4. The fourth-order valence-corrected chi connectivity index (χ4v) is 3.46. The van der Waals surface area contributed by atoms with Crippen LogP contribution in [0.4, 0.5) is 14.9 Å². The molecule has 0 bridgehead atoms. The molecule has 6 heteroatoms. The van der Waals surface area contributed by atoms with Gasteiger partial charge in [-0.1, -0.05) is 13.0 Å². The number of hydrogen-bond donors (Lipinski definition) is 2. The minimum atomic E-state index is -0.291. The lowest BCUT2D eigenvalue weighted by molar-refractivity contribution is 0.0951. The van der Waals surface area contributed by atoms with Gasteiger partial charge in [-0.3, -0.25) is 4.79 Å². The number of carbonyl (C=O) groups is 2. The Morgan fingerprint density at radius 1 is 1.07 bits per heavy atom. The van der Waals surface area contributed by atoms with Crippen LogP contribution in [0.15, 0.2) is 42.5 Å². The van der Waals surface area contributed by atoms with Crippen LogP contribution >= 0.6 is 0 Å². The van der Waals surface area contributed by atoms with Gasteiger partial charge in [0.15, 0.2) is 0 Å². The molecule has 5 nitrogen and oxygen atoms in total. The molecule has 1 heterocycles. The van der Waals surface area contributed by atoms with Gasteiger partial charge in [0, 0.05) is 30.9 Å². The first-order valence-corrected chi connectivity index (χ1v) is 9.63. The van der Waals surface area contributed by atoms with E-state index in [4.69, 9.17) is 0 Å². The summed E-state index contributed by atoms with van der Waals surface area (Å²) in [6.45, 7) is 3.77. The summed E-state index contributed by atoms with van der Waals surface area (Å²) in [6.07, 6.45) is 3.50. The molecule has 0 atom stereocenters. The van der Waals surface area contributed by atoms with Crippen molar-refractivity contribution in [1.82, 2.24) is 10.2 Å². The Labute approximate surface area is 163 Å². The van der Waals surface area contributed by atoms with Crippen LogP contribution in [0.5, 0.6) is 0 Å². The average molecular weight is 381 g/mol. The van der Waals surface area contributed by atoms with Crippen LogP contribution in [0.1, 0.15) is 47.7 Å². The third-order valence-corrected chi connectivity index (χ3v) is 5.69. The van der Waals surface area contributed by atoms with Crippen molar-refractivity contribution in [3.8, 4) is 0 Å². The Balaban J connectivity index is 1.29. The maximum atomic E-state index is 13.3. The van der Waals surface area contributed by atoms with Crippen molar-refractivity contribution in [2.75, 3.05) is 11.9 Å². The number of rotatable bonds is 5. The van der Waals surface area contributed by atoms with Gasteiger partial charge in [-0.05, 0) is 72.2 Å². The molecule has 0 saturated heterocycles. The molecule has 0 unspecified atom stereocenters. The highest BCUT2D eigenvalue weighted by Gasteiger charge is 2.36. The summed E-state index contributed by atoms with van der Waals surface area (Å²) in [5.74, 6) is -0.389. The smallest absolute Gasteiger partial charge is 0.322 e. The Hall–Kier alpha value is -2.89. The van der Waals surface area contributed by atoms with E-state index >= 15 is 0 Å². The van der Waals surface area contributed by atoms with Crippen LogP contribution in [-0.2, 0) is 13.1 Å². The molecule has 4 rings (SSSR count). The molecular formula is C22H24FN3O2. The highest BCUT2D eigenvalue weighted by Crippen LogP contribution is 2.47. The van der Waals surface area contributed by atoms with E-state index < -0.39 is 0 Å². The third-order valence-electron chi connectivity index (χ3n) is 5.69. The molecule has 1 fully saturated rings. The van der Waals surface area contributed by atoms with E-state index in [9.17, 15) is 14.0 Å². The molecule has 3 amide bonds. The van der Waals surface area contributed by atoms with Crippen LogP contribution in [0.3, 0.4) is 0 Å². The van der Waals surface area contributed by atoms with Gasteiger partial charge in [0.1, 0.15) is 5.82 Å². The second kappa shape index (κ2) is 7.26. The minimum absolute atomic E-state index is 0.0980. The Morgan fingerprint density at radius 2 is 1.79 bits per heavy atom. The van der Waals surface area contributed by atoms with Gasteiger partial charge < -0.3 is 15.5 Å². The van der Waals surface area contributed by atoms with Crippen molar-refractivity contribution in [2.24, 2.45) is 5.41 Å². The van der Waals surface area contributed by atoms with E-state index in [1.807, 2.05) is 0 Å². The second-order valence-electron chi connectivity index (χ2n) is 8.09. The van der Waals surface area contributed by atoms with Crippen molar-refractivity contribution in [3.63, 3.8) is 0 Å². The molecular weight excluding hydrogens is 357 g/mol. The molecule has 0 spiro atoms. The zero-order valence-corrected chi connectivity index (χ0v) is 15.9. The highest BCUT2D eigenvalue weighted by atomic mass is 19.1. The molecule has 2 aliphatic rings. The summed E-state index contributed by atoms with van der Waals surface area (Å²) in [5.41, 5.74) is 3.41. The van der Waals surface area contributed by atoms with Gasteiger partial charge in [-0.25, -0.2) is 9.18 Å². The number of urea groups is 1. The van der Waals surface area contributed by atoms with E-state index in [0.717, 1.165) is 17.5 Å². The fraction of sp³-hybridized carbons (Fsp3) is 0.364. The van der Waals surface area contributed by atoms with Crippen LogP contribution < -0.4 is 10.6 Å². The molecule has 0 aromatic heterocycles. The monoisotopic (exact) mass is 381 g/mol. The quantitative estimate of drug-likeness (QED) is 0.811. The van der Waals surface area contributed by atoms with Crippen LogP contribution in [0.25, 0.3) is 0 Å². The largest absolute Gasteiger partial charge is 0.352 e. The summed E-state index contributed by atoms with van der Waals surface area (Å²) in [4.78, 5) is 26.3. The first kappa shape index (κ1) is 18.5. The lowest BCUT2D eigenvalue weighted by Gasteiger charge is -2.16. The standard InChI is InChI=1S/C22H24FN3O2/c1-22(8-9-22)10-11-24-20(27)15-3-6-19(7-4-15)25-21(28)26-13-16-2-5-18(23)12-17(16)14-26/h2-7,12H,8-11,13-14H2,1H3,(H,24,27)(H,25,28). The van der Waals surface area contributed by atoms with E-state index in [2.05, 4.69) is 17.6 Å². The zero-order valence-electron chi connectivity index (χ0n) is 15.9. The average Bonchev–Trinajstić information content (AvgIpc) is 3.25. The van der Waals surface area contributed by atoms with E-state index in [0.29, 0.717) is 36.3 Å². The van der Waals surface area contributed by atoms with Gasteiger partial charge in [0.05, 0.1) is 0 Å². The van der Waals surface area contributed by atoms with Gasteiger partial charge >= 0.3 is 6.03 Å². The Kier molecular flexibility index (Phi) is 4.79. The number of hydrogen-bond acceptors (Lipinski definition) is 2. The summed E-state index contributed by atoms with van der Waals surface area (Å²) >= 11 is 0. The number of fused-ring (bicyclic) bond motifs is 1. The van der Waals surface area contributed by atoms with E-state index in [1.54, 1.807) is 35.2 Å². The minimum Gasteiger partial charge on any atom is -0.352 e. The van der Waals surface area contributed by atoms with Gasteiger partial charge in [-0.15, -0.1) is 0 Å². The number of amides is 3. The number of carbonyl (C=O) groups excluding carboxylic acids is 2. The lowest BCUT2D eigenvalue weighted by atomic mass is 10.1. The molecule has 1 aliphatic heterocycles. The third kappa shape index (κ3) is 4.16. The van der Waals surface area contributed by atoms with Crippen molar-refractivity contribution >= 4 is 17.6 Å². The number of halogens is 1. The van der Waals surface area contributed by atoms with E-state index in [1.165, 1.54) is 25.0 Å². The Morgan fingerprint density at radius 3 is 2.50 bits per heavy atom. The molecule has 1 aliphatic carbocycles. The van der Waals surface area contributed by atoms with Crippen molar-refractivity contribution < 1.29 is 14.0 Å². The van der Waals surface area contributed by atoms with Crippen LogP contribution in [-0.4, -0.2) is 23.4 Å². The summed E-state index contributed by atoms with van der Waals surface area (Å²) in [5, 5.41) is 5.78. The van der Waals surface area contributed by atoms with Gasteiger partial charge in [0.2, 0.25) is 0 Å². The summed E-state index contributed by atoms with van der Waals surface area (Å²) in [6, 6.07) is 11.2. The summed E-state index contributed by atoms with van der Waals surface area (Å²) in [7, 11) is 0. The fourth-order valence-electron chi connectivity index (χ4n) is 3.46. The highest BCUT2D eigenvalue weighted by molar-refractivity contribution is 5.95. The number of nitrogens with zero attached hydrogens (tertiary/aromatic N) is 1. The predicted molar refractivity (Wildman–Crippen MR) is 105 cm³/mol. The first-order valence-electron chi connectivity index (χ1n) is 9.63. The van der Waals surface area contributed by atoms with Crippen LogP contribution in [0, 0.1) is 11.2 Å².